The Labute approximate surface area is 155 Å². The number of nitrogens with one attached hydrogen (secondary N) is 2. The average Bonchev–Trinajstić information content (AvgIpc) is 3.27. The lowest BCUT2D eigenvalue weighted by molar-refractivity contribution is -0.148. The minimum Gasteiger partial charge on any atom is -0.481 e. The molecule has 0 heterocycles. The molecule has 8 nitrogen and oxygen atoms in total. The summed E-state index contributed by atoms with van der Waals surface area (Å²) >= 11 is 0. The summed E-state index contributed by atoms with van der Waals surface area (Å²) in [4.78, 5) is 47.7. The van der Waals surface area contributed by atoms with Crippen LogP contribution in [0.4, 0.5) is 0 Å². The third-order valence-corrected chi connectivity index (χ3v) is 5.00. The Morgan fingerprint density at radius 1 is 1.00 bits per heavy atom. The van der Waals surface area contributed by atoms with Gasteiger partial charge < -0.3 is 9.84 Å². The Bertz CT molecular complexity index is 801. The van der Waals surface area contributed by atoms with Crippen LogP contribution in [0.3, 0.4) is 0 Å². The molecule has 2 amide bonds. The number of esters is 1. The Morgan fingerprint density at radius 3 is 2.19 bits per heavy atom. The number of hydrazine groups is 1. The molecule has 8 heteroatoms. The van der Waals surface area contributed by atoms with Crippen molar-refractivity contribution in [2.75, 3.05) is 6.61 Å². The summed E-state index contributed by atoms with van der Waals surface area (Å²) in [5.41, 5.74) is 5.18. The van der Waals surface area contributed by atoms with E-state index in [0.717, 1.165) is 0 Å². The number of hydrogen-bond acceptors (Lipinski definition) is 5. The van der Waals surface area contributed by atoms with E-state index in [1.165, 1.54) is 24.3 Å². The molecule has 0 unspecified atom stereocenters. The maximum absolute atomic E-state index is 12.4. The number of carboxylic acid groups (broad SMARTS) is 1. The molecule has 1 fully saturated rings. The largest absolute Gasteiger partial charge is 0.481 e. The summed E-state index contributed by atoms with van der Waals surface area (Å²) in [6, 6.07) is 5.79. The van der Waals surface area contributed by atoms with Crippen LogP contribution >= 0.6 is 0 Å². The monoisotopic (exact) mass is 372 g/mol. The number of benzene rings is 1. The molecular weight excluding hydrogens is 352 g/mol. The van der Waals surface area contributed by atoms with Gasteiger partial charge in [0.2, 0.25) is 5.91 Å². The molecule has 2 aliphatic rings. The van der Waals surface area contributed by atoms with Gasteiger partial charge in [0.15, 0.2) is 0 Å². The molecule has 142 valence electrons. The number of allylic oxidation sites excluding steroid dienone is 2. The minimum atomic E-state index is -1.01. The fraction of sp³-hybridized carbons (Fsp3) is 0.368. The van der Waals surface area contributed by atoms with Gasteiger partial charge in [0.05, 0.1) is 24.0 Å². The molecule has 4 atom stereocenters. The topological polar surface area (TPSA) is 122 Å². The summed E-state index contributed by atoms with van der Waals surface area (Å²) < 4.78 is 4.87. The summed E-state index contributed by atoms with van der Waals surface area (Å²) in [7, 11) is 0. The van der Waals surface area contributed by atoms with E-state index in [4.69, 9.17) is 4.74 Å². The van der Waals surface area contributed by atoms with Gasteiger partial charge in [0, 0.05) is 5.56 Å². The first-order chi connectivity index (χ1) is 12.9. The maximum atomic E-state index is 12.4. The molecule has 1 aromatic carbocycles. The molecule has 2 bridgehead atoms. The Morgan fingerprint density at radius 2 is 1.59 bits per heavy atom. The van der Waals surface area contributed by atoms with Gasteiger partial charge in [-0.15, -0.1) is 0 Å². The molecule has 0 radical (unpaired) electrons. The molecular formula is C19H20N2O6. The number of rotatable bonds is 5. The third-order valence-electron chi connectivity index (χ3n) is 5.00. The van der Waals surface area contributed by atoms with Crippen molar-refractivity contribution < 1.29 is 29.0 Å². The van der Waals surface area contributed by atoms with Crippen LogP contribution < -0.4 is 10.9 Å². The van der Waals surface area contributed by atoms with Crippen molar-refractivity contribution >= 4 is 23.8 Å². The van der Waals surface area contributed by atoms with E-state index in [-0.39, 0.29) is 24.0 Å². The van der Waals surface area contributed by atoms with E-state index < -0.39 is 35.6 Å². The Hall–Kier alpha value is -3.16. The van der Waals surface area contributed by atoms with Gasteiger partial charge in [-0.1, -0.05) is 12.2 Å². The number of carboxylic acids is 1. The maximum Gasteiger partial charge on any atom is 0.338 e. The number of hydrogen-bond donors (Lipinski definition) is 3. The van der Waals surface area contributed by atoms with E-state index in [1.54, 1.807) is 6.92 Å². The fourth-order valence-electron chi connectivity index (χ4n) is 3.76. The summed E-state index contributed by atoms with van der Waals surface area (Å²) in [5.74, 6) is -4.33. The molecule has 1 aromatic rings. The van der Waals surface area contributed by atoms with E-state index >= 15 is 0 Å². The van der Waals surface area contributed by atoms with Gasteiger partial charge in [0.1, 0.15) is 0 Å². The van der Waals surface area contributed by atoms with Gasteiger partial charge in [-0.05, 0) is 49.4 Å². The van der Waals surface area contributed by atoms with Crippen molar-refractivity contribution in [3.8, 4) is 0 Å². The van der Waals surface area contributed by atoms with Crippen LogP contribution in [0.2, 0.25) is 0 Å². The van der Waals surface area contributed by atoms with E-state index in [9.17, 15) is 24.3 Å². The first-order valence-corrected chi connectivity index (χ1v) is 8.71. The van der Waals surface area contributed by atoms with Gasteiger partial charge in [0.25, 0.3) is 5.91 Å². The number of carbonyl (C=O) groups is 4. The molecule has 1 saturated carbocycles. The lowest BCUT2D eigenvalue weighted by atomic mass is 9.82. The van der Waals surface area contributed by atoms with E-state index in [1.807, 2.05) is 12.2 Å². The van der Waals surface area contributed by atoms with Crippen molar-refractivity contribution in [3.63, 3.8) is 0 Å². The molecule has 0 spiro atoms. The molecule has 3 N–H and O–H groups in total. The van der Waals surface area contributed by atoms with Gasteiger partial charge in [-0.25, -0.2) is 4.79 Å². The second-order valence-electron chi connectivity index (χ2n) is 6.58. The van der Waals surface area contributed by atoms with Crippen LogP contribution in [0, 0.1) is 23.7 Å². The fourth-order valence-corrected chi connectivity index (χ4v) is 3.76. The lowest BCUT2D eigenvalue weighted by Gasteiger charge is -2.23. The lowest BCUT2D eigenvalue weighted by Crippen LogP contribution is -2.48. The highest BCUT2D eigenvalue weighted by molar-refractivity contribution is 5.97. The first kappa shape index (κ1) is 18.6. The van der Waals surface area contributed by atoms with Crippen LogP contribution in [0.25, 0.3) is 0 Å². The van der Waals surface area contributed by atoms with Crippen LogP contribution in [0.1, 0.15) is 34.1 Å². The van der Waals surface area contributed by atoms with Crippen molar-refractivity contribution in [2.24, 2.45) is 23.7 Å². The highest BCUT2D eigenvalue weighted by Crippen LogP contribution is 2.48. The smallest absolute Gasteiger partial charge is 0.338 e. The van der Waals surface area contributed by atoms with Gasteiger partial charge in [-0.2, -0.15) is 0 Å². The normalized spacial score (nSPS) is 25.1. The minimum absolute atomic E-state index is 0.128. The summed E-state index contributed by atoms with van der Waals surface area (Å²) in [6.45, 7) is 1.95. The van der Waals surface area contributed by atoms with Crippen LogP contribution in [0.15, 0.2) is 36.4 Å². The standard InChI is InChI=1S/C19H20N2O6/c1-2-27-19(26)11-5-3-10(4-6-11)16(22)20-21-17(23)14-12-7-8-13(9-12)15(14)18(24)25/h3-8,12-15H,2,9H2,1H3,(H,20,22)(H,21,23)(H,24,25)/t12-,13-,14-,15-/m0/s1. The van der Waals surface area contributed by atoms with Crippen molar-refractivity contribution in [3.05, 3.63) is 47.5 Å². The van der Waals surface area contributed by atoms with Gasteiger partial charge in [-0.3, -0.25) is 25.2 Å². The summed E-state index contributed by atoms with van der Waals surface area (Å²) in [6.07, 6.45) is 4.35. The second-order valence-corrected chi connectivity index (χ2v) is 6.58. The number of fused-ring (bicyclic) bond motifs is 2. The Balaban J connectivity index is 1.59. The Kier molecular flexibility index (Phi) is 5.25. The number of amides is 2. The highest BCUT2D eigenvalue weighted by atomic mass is 16.5. The second kappa shape index (κ2) is 7.61. The summed E-state index contributed by atoms with van der Waals surface area (Å²) in [5, 5.41) is 9.38. The molecule has 0 saturated heterocycles. The number of aliphatic carboxylic acids is 1. The number of ether oxygens (including phenoxy) is 1. The zero-order valence-electron chi connectivity index (χ0n) is 14.7. The molecule has 2 aliphatic carbocycles. The zero-order chi connectivity index (χ0) is 19.6. The molecule has 27 heavy (non-hydrogen) atoms. The van der Waals surface area contributed by atoms with Crippen LogP contribution in [-0.2, 0) is 14.3 Å². The average molecular weight is 372 g/mol. The molecule has 0 aromatic heterocycles. The molecule has 3 rings (SSSR count). The van der Waals surface area contributed by atoms with E-state index in [0.29, 0.717) is 12.0 Å². The van der Waals surface area contributed by atoms with Crippen LogP contribution in [0.5, 0.6) is 0 Å². The highest BCUT2D eigenvalue weighted by Gasteiger charge is 2.51. The van der Waals surface area contributed by atoms with E-state index in [2.05, 4.69) is 10.9 Å². The predicted octanol–water partition coefficient (Wildman–Crippen LogP) is 1.15. The number of carbonyl (C=O) groups excluding carboxylic acids is 3. The van der Waals surface area contributed by atoms with Crippen molar-refractivity contribution in [1.82, 2.24) is 10.9 Å². The quantitative estimate of drug-likeness (QED) is 0.405. The molecule has 0 aliphatic heterocycles. The third kappa shape index (κ3) is 3.69. The van der Waals surface area contributed by atoms with Crippen LogP contribution in [-0.4, -0.2) is 35.5 Å². The SMILES string of the molecule is CCOC(=O)c1ccc(C(=O)NNC(=O)[C@@H]2[C@@H](C(=O)O)[C@H]3C=C[C@H]2C3)cc1. The van der Waals surface area contributed by atoms with Crippen molar-refractivity contribution in [1.29, 1.82) is 0 Å². The first-order valence-electron chi connectivity index (χ1n) is 8.71. The zero-order valence-corrected chi connectivity index (χ0v) is 14.7. The predicted molar refractivity (Wildman–Crippen MR) is 93.4 cm³/mol. The van der Waals surface area contributed by atoms with Crippen molar-refractivity contribution in [2.45, 2.75) is 13.3 Å². The van der Waals surface area contributed by atoms with Gasteiger partial charge >= 0.3 is 11.9 Å².